The molecule has 4 rings (SSSR count). The summed E-state index contributed by atoms with van der Waals surface area (Å²) in [7, 11) is -3.73. The predicted molar refractivity (Wildman–Crippen MR) is 124 cm³/mol. The number of halogens is 2. The monoisotopic (exact) mass is 471 g/mol. The number of hydrogen-bond acceptors (Lipinski definition) is 5. The molecule has 0 saturated heterocycles. The van der Waals surface area contributed by atoms with Gasteiger partial charge >= 0.3 is 0 Å². The van der Waals surface area contributed by atoms with Gasteiger partial charge in [0.25, 0.3) is 0 Å². The summed E-state index contributed by atoms with van der Waals surface area (Å²) in [6.45, 7) is 1.84. The van der Waals surface area contributed by atoms with E-state index >= 15 is 4.39 Å². The predicted octanol–water partition coefficient (Wildman–Crippen LogP) is 4.59. The van der Waals surface area contributed by atoms with E-state index in [2.05, 4.69) is 19.7 Å². The number of H-pyrrole nitrogens is 1. The number of aromatic amines is 1. The first-order chi connectivity index (χ1) is 15.9. The summed E-state index contributed by atoms with van der Waals surface area (Å²) < 4.78 is 56.5. The molecule has 0 saturated carbocycles. The molecule has 1 aromatic carbocycles. The largest absolute Gasteiger partial charge is 0.348 e. The highest BCUT2D eigenvalue weighted by atomic mass is 32.2. The molecule has 4 aromatic rings. The van der Waals surface area contributed by atoms with E-state index in [4.69, 9.17) is 0 Å². The molecule has 0 aliphatic carbocycles. The number of aromatic nitrogens is 3. The summed E-state index contributed by atoms with van der Waals surface area (Å²) in [5.74, 6) is -1.36. The maximum Gasteiger partial charge on any atom is 0.232 e. The first kappa shape index (κ1) is 22.7. The Kier molecular flexibility index (Phi) is 6.55. The average molecular weight is 472 g/mol. The fourth-order valence-electron chi connectivity index (χ4n) is 3.61. The third-order valence-corrected chi connectivity index (χ3v) is 6.62. The van der Waals surface area contributed by atoms with Gasteiger partial charge in [-0.05, 0) is 48.4 Å². The van der Waals surface area contributed by atoms with Crippen molar-refractivity contribution in [1.29, 1.82) is 0 Å². The summed E-state index contributed by atoms with van der Waals surface area (Å²) in [5, 5.41) is 0.889. The van der Waals surface area contributed by atoms with Crippen LogP contribution in [0.5, 0.6) is 0 Å². The van der Waals surface area contributed by atoms with Crippen LogP contribution in [-0.2, 0) is 23.1 Å². The number of pyridine rings is 2. The fraction of sp³-hybridized carbons (Fsp3) is 0.217. The lowest BCUT2D eigenvalue weighted by Gasteiger charge is -2.24. The summed E-state index contributed by atoms with van der Waals surface area (Å²) in [6.07, 6.45) is 5.45. The van der Waals surface area contributed by atoms with Gasteiger partial charge in [-0.3, -0.25) is 4.72 Å². The second-order valence-electron chi connectivity index (χ2n) is 7.57. The van der Waals surface area contributed by atoms with Crippen molar-refractivity contribution in [2.75, 3.05) is 15.4 Å². The molecule has 0 atom stereocenters. The summed E-state index contributed by atoms with van der Waals surface area (Å²) in [4.78, 5) is 13.4. The number of sulfonamides is 1. The molecule has 10 heteroatoms. The molecule has 3 heterocycles. The molecule has 7 nitrogen and oxygen atoms in total. The maximum atomic E-state index is 15.3. The standard InChI is InChI=1S/C23H23F2N5O2S/c1-2-12-33(31,32)29-20-9-8-19(24)18(22(20)25)15-30(21-7-3-4-10-26-21)14-16-13-28-23-17(16)6-5-11-27-23/h3-11,13,29H,2,12,14-15H2,1H3,(H,27,28). The molecule has 0 aliphatic heterocycles. The molecule has 3 aromatic heterocycles. The molecule has 0 radical (unpaired) electrons. The van der Waals surface area contributed by atoms with Crippen LogP contribution in [0.25, 0.3) is 11.0 Å². The number of benzene rings is 1. The normalized spacial score (nSPS) is 11.6. The second kappa shape index (κ2) is 9.53. The number of fused-ring (bicyclic) bond motifs is 1. The van der Waals surface area contributed by atoms with Gasteiger partial charge in [0.1, 0.15) is 17.3 Å². The van der Waals surface area contributed by atoms with E-state index < -0.39 is 21.7 Å². The zero-order valence-corrected chi connectivity index (χ0v) is 18.7. The molecule has 2 N–H and O–H groups in total. The van der Waals surface area contributed by atoms with Crippen LogP contribution in [0.3, 0.4) is 0 Å². The molecule has 0 spiro atoms. The zero-order valence-electron chi connectivity index (χ0n) is 17.9. The maximum absolute atomic E-state index is 15.3. The Morgan fingerprint density at radius 3 is 2.61 bits per heavy atom. The number of anilines is 2. The van der Waals surface area contributed by atoms with Gasteiger partial charge in [-0.15, -0.1) is 0 Å². The third kappa shape index (κ3) is 5.11. The average Bonchev–Trinajstić information content (AvgIpc) is 3.21. The Morgan fingerprint density at radius 1 is 1.03 bits per heavy atom. The van der Waals surface area contributed by atoms with Crippen molar-refractivity contribution in [3.8, 4) is 0 Å². The van der Waals surface area contributed by atoms with Crippen molar-refractivity contribution in [1.82, 2.24) is 15.0 Å². The van der Waals surface area contributed by atoms with E-state index in [1.807, 2.05) is 12.1 Å². The molecular weight excluding hydrogens is 448 g/mol. The first-order valence-corrected chi connectivity index (χ1v) is 12.1. The Bertz CT molecular complexity index is 1360. The van der Waals surface area contributed by atoms with E-state index in [-0.39, 0.29) is 23.5 Å². The lowest BCUT2D eigenvalue weighted by molar-refractivity contribution is 0.550. The first-order valence-electron chi connectivity index (χ1n) is 10.4. The van der Waals surface area contributed by atoms with Crippen molar-refractivity contribution in [3.63, 3.8) is 0 Å². The minimum Gasteiger partial charge on any atom is -0.348 e. The second-order valence-corrected chi connectivity index (χ2v) is 9.41. The highest BCUT2D eigenvalue weighted by Crippen LogP contribution is 2.27. The van der Waals surface area contributed by atoms with Crippen LogP contribution >= 0.6 is 0 Å². The molecule has 0 unspecified atom stereocenters. The topological polar surface area (TPSA) is 91.0 Å². The van der Waals surface area contributed by atoms with Crippen LogP contribution in [0.1, 0.15) is 24.5 Å². The minimum atomic E-state index is -3.73. The molecule has 0 amide bonds. The van der Waals surface area contributed by atoms with Crippen LogP contribution in [0, 0.1) is 11.6 Å². The van der Waals surface area contributed by atoms with Crippen LogP contribution in [-0.4, -0.2) is 29.1 Å². The van der Waals surface area contributed by atoms with E-state index in [9.17, 15) is 12.8 Å². The lowest BCUT2D eigenvalue weighted by atomic mass is 10.1. The van der Waals surface area contributed by atoms with E-state index in [1.165, 1.54) is 0 Å². The van der Waals surface area contributed by atoms with E-state index in [0.717, 1.165) is 23.1 Å². The minimum absolute atomic E-state index is 0.159. The molecule has 0 aliphatic rings. The van der Waals surface area contributed by atoms with Crippen molar-refractivity contribution >= 4 is 32.6 Å². The highest BCUT2D eigenvalue weighted by Gasteiger charge is 2.21. The van der Waals surface area contributed by atoms with Gasteiger partial charge in [0.05, 0.1) is 18.0 Å². The van der Waals surface area contributed by atoms with Crippen molar-refractivity contribution in [3.05, 3.63) is 83.8 Å². The van der Waals surface area contributed by atoms with Gasteiger partial charge in [0.2, 0.25) is 10.0 Å². The van der Waals surface area contributed by atoms with Crippen LogP contribution in [0.2, 0.25) is 0 Å². The van der Waals surface area contributed by atoms with E-state index in [0.29, 0.717) is 24.4 Å². The lowest BCUT2D eigenvalue weighted by Crippen LogP contribution is -2.25. The molecule has 0 fully saturated rings. The number of nitrogens with zero attached hydrogens (tertiary/aromatic N) is 3. The zero-order chi connectivity index (χ0) is 23.4. The van der Waals surface area contributed by atoms with Crippen molar-refractivity contribution in [2.45, 2.75) is 26.4 Å². The van der Waals surface area contributed by atoms with E-state index in [1.54, 1.807) is 48.6 Å². The quantitative estimate of drug-likeness (QED) is 0.373. The Morgan fingerprint density at radius 2 is 1.85 bits per heavy atom. The van der Waals surface area contributed by atoms with Crippen LogP contribution < -0.4 is 9.62 Å². The van der Waals surface area contributed by atoms with Gasteiger partial charge < -0.3 is 9.88 Å². The van der Waals surface area contributed by atoms with Gasteiger partial charge in [-0.1, -0.05) is 13.0 Å². The highest BCUT2D eigenvalue weighted by molar-refractivity contribution is 7.92. The van der Waals surface area contributed by atoms with Crippen molar-refractivity contribution < 1.29 is 17.2 Å². The summed E-state index contributed by atoms with van der Waals surface area (Å²) >= 11 is 0. The van der Waals surface area contributed by atoms with Gasteiger partial charge in [-0.25, -0.2) is 27.2 Å². The Labute approximate surface area is 190 Å². The molecule has 33 heavy (non-hydrogen) atoms. The fourth-order valence-corrected chi connectivity index (χ4v) is 4.74. The Hall–Kier alpha value is -3.53. The number of rotatable bonds is 9. The van der Waals surface area contributed by atoms with Gasteiger partial charge in [0.15, 0.2) is 5.82 Å². The van der Waals surface area contributed by atoms with Crippen molar-refractivity contribution in [2.24, 2.45) is 0 Å². The summed E-state index contributed by atoms with van der Waals surface area (Å²) in [5.41, 5.74) is 1.05. The van der Waals surface area contributed by atoms with Crippen LogP contribution in [0.4, 0.5) is 20.3 Å². The van der Waals surface area contributed by atoms with Gasteiger partial charge in [-0.2, -0.15) is 0 Å². The Balaban J connectivity index is 1.70. The number of hydrogen-bond donors (Lipinski definition) is 2. The summed E-state index contributed by atoms with van der Waals surface area (Å²) in [6, 6.07) is 11.2. The SMILES string of the molecule is CCCS(=O)(=O)Nc1ccc(F)c(CN(Cc2c[nH]c3ncccc23)c2ccccn2)c1F. The molecule has 0 bridgehead atoms. The number of nitrogens with one attached hydrogen (secondary N) is 2. The van der Waals surface area contributed by atoms with Crippen LogP contribution in [0.15, 0.2) is 61.1 Å². The van der Waals surface area contributed by atoms with Gasteiger partial charge in [0, 0.05) is 36.1 Å². The molecular formula is C23H23F2N5O2S. The smallest absolute Gasteiger partial charge is 0.232 e. The molecule has 172 valence electrons. The third-order valence-electron chi connectivity index (χ3n) is 5.14.